The van der Waals surface area contributed by atoms with Crippen molar-refractivity contribution in [3.05, 3.63) is 25.5 Å². The lowest BCUT2D eigenvalue weighted by Gasteiger charge is -2.01. The molecule has 0 aromatic heterocycles. The highest BCUT2D eigenvalue weighted by molar-refractivity contribution is 4.65. The summed E-state index contributed by atoms with van der Waals surface area (Å²) in [4.78, 5) is 0. The summed E-state index contributed by atoms with van der Waals surface area (Å²) in [6.07, 6.45) is 15.4. The fraction of sp³-hybridized carbons (Fsp3) is 0.714. The second-order valence-electron chi connectivity index (χ2n) is 3.94. The third kappa shape index (κ3) is 13.3. The second kappa shape index (κ2) is 13.3. The molecule has 0 aromatic rings. The quantitative estimate of drug-likeness (QED) is 0.254. The maximum Gasteiger partial charge on any atom is 0.0873 e. The maximum absolute atomic E-state index is 5.06. The van der Waals surface area contributed by atoms with E-state index in [1.54, 1.807) is 0 Å². The number of ether oxygens (including phenoxy) is 1. The first-order valence-electron chi connectivity index (χ1n) is 6.25. The summed E-state index contributed by atoms with van der Waals surface area (Å²) in [6, 6.07) is 0. The third-order valence-corrected chi connectivity index (χ3v) is 2.54. The Morgan fingerprint density at radius 1 is 0.733 bits per heavy atom. The standard InChI is InChI=1S/C14H26O/c1-3-5-6-7-8-9-10-11-12-13-14-15-4-2/h3-4H,1-2,5-14H2. The molecular formula is C14H26O. The lowest BCUT2D eigenvalue weighted by atomic mass is 10.1. The predicted molar refractivity (Wildman–Crippen MR) is 67.9 cm³/mol. The molecule has 0 aliphatic heterocycles. The van der Waals surface area contributed by atoms with E-state index in [1.165, 1.54) is 64.0 Å². The Hall–Kier alpha value is -0.720. The topological polar surface area (TPSA) is 9.23 Å². The second-order valence-corrected chi connectivity index (χ2v) is 3.94. The van der Waals surface area contributed by atoms with E-state index in [-0.39, 0.29) is 0 Å². The van der Waals surface area contributed by atoms with E-state index in [9.17, 15) is 0 Å². The molecule has 0 N–H and O–H groups in total. The summed E-state index contributed by atoms with van der Waals surface area (Å²) in [5, 5.41) is 0. The van der Waals surface area contributed by atoms with Crippen LogP contribution in [0.25, 0.3) is 0 Å². The molecule has 0 rings (SSSR count). The Kier molecular flexibility index (Phi) is 12.6. The lowest BCUT2D eigenvalue weighted by Crippen LogP contribution is -1.87. The van der Waals surface area contributed by atoms with Gasteiger partial charge >= 0.3 is 0 Å². The van der Waals surface area contributed by atoms with Gasteiger partial charge in [0, 0.05) is 0 Å². The monoisotopic (exact) mass is 210 g/mol. The molecule has 0 aliphatic carbocycles. The fourth-order valence-corrected chi connectivity index (χ4v) is 1.62. The molecule has 0 aromatic carbocycles. The van der Waals surface area contributed by atoms with Gasteiger partial charge in [0.15, 0.2) is 0 Å². The van der Waals surface area contributed by atoms with Crippen LogP contribution < -0.4 is 0 Å². The van der Waals surface area contributed by atoms with Gasteiger partial charge in [-0.2, -0.15) is 0 Å². The zero-order valence-electron chi connectivity index (χ0n) is 10.0. The first kappa shape index (κ1) is 14.3. The van der Waals surface area contributed by atoms with Crippen molar-refractivity contribution < 1.29 is 4.74 Å². The molecule has 0 spiro atoms. The van der Waals surface area contributed by atoms with E-state index in [0.717, 1.165) is 6.61 Å². The minimum atomic E-state index is 0.836. The molecular weight excluding hydrogens is 184 g/mol. The van der Waals surface area contributed by atoms with Crippen LogP contribution in [0.15, 0.2) is 25.5 Å². The van der Waals surface area contributed by atoms with Crippen LogP contribution in [0.4, 0.5) is 0 Å². The smallest absolute Gasteiger partial charge is 0.0873 e. The number of hydrogen-bond acceptors (Lipinski definition) is 1. The van der Waals surface area contributed by atoms with Gasteiger partial charge in [0.05, 0.1) is 12.9 Å². The average Bonchev–Trinajstić information content (AvgIpc) is 2.26. The van der Waals surface area contributed by atoms with Crippen molar-refractivity contribution in [2.75, 3.05) is 6.61 Å². The molecule has 0 atom stereocenters. The molecule has 1 heteroatoms. The zero-order chi connectivity index (χ0) is 11.2. The van der Waals surface area contributed by atoms with Gasteiger partial charge in [0.1, 0.15) is 0 Å². The SMILES string of the molecule is C=CCCCCCCCCCCOC=C. The first-order valence-corrected chi connectivity index (χ1v) is 6.25. The largest absolute Gasteiger partial charge is 0.502 e. The van der Waals surface area contributed by atoms with Crippen molar-refractivity contribution in [1.82, 2.24) is 0 Å². The van der Waals surface area contributed by atoms with Crippen molar-refractivity contribution in [2.24, 2.45) is 0 Å². The Morgan fingerprint density at radius 2 is 1.27 bits per heavy atom. The minimum Gasteiger partial charge on any atom is -0.502 e. The van der Waals surface area contributed by atoms with E-state index < -0.39 is 0 Å². The van der Waals surface area contributed by atoms with Gasteiger partial charge in [-0.15, -0.1) is 6.58 Å². The van der Waals surface area contributed by atoms with Crippen LogP contribution in [-0.2, 0) is 4.74 Å². The van der Waals surface area contributed by atoms with Crippen molar-refractivity contribution >= 4 is 0 Å². The summed E-state index contributed by atoms with van der Waals surface area (Å²) in [6.45, 7) is 8.07. The van der Waals surface area contributed by atoms with E-state index in [0.29, 0.717) is 0 Å². The van der Waals surface area contributed by atoms with Gasteiger partial charge in [0.2, 0.25) is 0 Å². The number of rotatable bonds is 12. The summed E-state index contributed by atoms with van der Waals surface area (Å²) >= 11 is 0. The van der Waals surface area contributed by atoms with Crippen LogP contribution in [0.2, 0.25) is 0 Å². The number of hydrogen-bond donors (Lipinski definition) is 0. The van der Waals surface area contributed by atoms with Gasteiger partial charge in [0.25, 0.3) is 0 Å². The summed E-state index contributed by atoms with van der Waals surface area (Å²) in [7, 11) is 0. The molecule has 0 saturated heterocycles. The Labute approximate surface area is 95.2 Å². The molecule has 1 nitrogen and oxygen atoms in total. The molecule has 0 amide bonds. The molecule has 0 radical (unpaired) electrons. The van der Waals surface area contributed by atoms with Crippen LogP contribution in [0, 0.1) is 0 Å². The molecule has 0 bridgehead atoms. The van der Waals surface area contributed by atoms with Crippen molar-refractivity contribution in [1.29, 1.82) is 0 Å². The van der Waals surface area contributed by atoms with E-state index >= 15 is 0 Å². The molecule has 0 saturated carbocycles. The van der Waals surface area contributed by atoms with Crippen LogP contribution in [-0.4, -0.2) is 6.61 Å². The van der Waals surface area contributed by atoms with Crippen LogP contribution in [0.1, 0.15) is 57.8 Å². The zero-order valence-corrected chi connectivity index (χ0v) is 10.0. The molecule has 88 valence electrons. The highest BCUT2D eigenvalue weighted by atomic mass is 16.5. The Morgan fingerprint density at radius 3 is 1.80 bits per heavy atom. The highest BCUT2D eigenvalue weighted by Crippen LogP contribution is 2.09. The predicted octanol–water partition coefficient (Wildman–Crippen LogP) is 4.84. The number of unbranched alkanes of at least 4 members (excludes halogenated alkanes) is 8. The fourth-order valence-electron chi connectivity index (χ4n) is 1.62. The summed E-state index contributed by atoms with van der Waals surface area (Å²) in [5.74, 6) is 0. The lowest BCUT2D eigenvalue weighted by molar-refractivity contribution is 0.241. The molecule has 0 aliphatic rings. The van der Waals surface area contributed by atoms with E-state index in [1.807, 2.05) is 6.08 Å². The first-order chi connectivity index (χ1) is 7.41. The van der Waals surface area contributed by atoms with E-state index in [4.69, 9.17) is 4.74 Å². The summed E-state index contributed by atoms with van der Waals surface area (Å²) in [5.41, 5.74) is 0. The van der Waals surface area contributed by atoms with E-state index in [2.05, 4.69) is 13.2 Å². The van der Waals surface area contributed by atoms with Gasteiger partial charge in [-0.05, 0) is 19.3 Å². The molecule has 0 heterocycles. The normalized spacial score (nSPS) is 9.87. The molecule has 15 heavy (non-hydrogen) atoms. The van der Waals surface area contributed by atoms with Crippen LogP contribution in [0.5, 0.6) is 0 Å². The Bertz CT molecular complexity index is 124. The minimum absolute atomic E-state index is 0.836. The number of allylic oxidation sites excluding steroid dienone is 1. The van der Waals surface area contributed by atoms with Gasteiger partial charge in [-0.3, -0.25) is 0 Å². The highest BCUT2D eigenvalue weighted by Gasteiger charge is 1.91. The van der Waals surface area contributed by atoms with Crippen LogP contribution in [0.3, 0.4) is 0 Å². The van der Waals surface area contributed by atoms with Crippen LogP contribution >= 0.6 is 0 Å². The van der Waals surface area contributed by atoms with Crippen molar-refractivity contribution in [3.63, 3.8) is 0 Å². The van der Waals surface area contributed by atoms with Gasteiger partial charge in [-0.25, -0.2) is 0 Å². The van der Waals surface area contributed by atoms with Crippen molar-refractivity contribution in [3.8, 4) is 0 Å². The maximum atomic E-state index is 5.06. The van der Waals surface area contributed by atoms with Gasteiger partial charge < -0.3 is 4.74 Å². The Balaban J connectivity index is 2.86. The molecule has 0 fully saturated rings. The molecule has 0 unspecified atom stereocenters. The van der Waals surface area contributed by atoms with Gasteiger partial charge in [-0.1, -0.05) is 51.2 Å². The third-order valence-electron chi connectivity index (χ3n) is 2.54. The van der Waals surface area contributed by atoms with Crippen molar-refractivity contribution in [2.45, 2.75) is 57.8 Å². The summed E-state index contributed by atoms with van der Waals surface area (Å²) < 4.78 is 5.06. The average molecular weight is 210 g/mol.